The summed E-state index contributed by atoms with van der Waals surface area (Å²) in [5.41, 5.74) is 2.44. The standard InChI is InChI=1S/C18H22F2N4O2/c1-12-6-7-15(26-17(19)20)14(9-12)11-24-18(21-2)23-10-13-5-4-8-22-16(13)25-3/h4-9,17H,10-11H2,1-3H3,(H2,21,23,24). The number of aliphatic imine (C=N–C) groups is 1. The zero-order chi connectivity index (χ0) is 18.9. The molecule has 0 amide bonds. The topological polar surface area (TPSA) is 67.8 Å². The lowest BCUT2D eigenvalue weighted by atomic mass is 10.1. The highest BCUT2D eigenvalue weighted by Crippen LogP contribution is 2.22. The van der Waals surface area contributed by atoms with Gasteiger partial charge in [-0.3, -0.25) is 4.99 Å². The minimum Gasteiger partial charge on any atom is -0.481 e. The van der Waals surface area contributed by atoms with Gasteiger partial charge < -0.3 is 20.1 Å². The van der Waals surface area contributed by atoms with E-state index in [1.807, 2.05) is 19.1 Å². The van der Waals surface area contributed by atoms with Crippen molar-refractivity contribution >= 4 is 5.96 Å². The average Bonchev–Trinajstić information content (AvgIpc) is 2.63. The van der Waals surface area contributed by atoms with E-state index < -0.39 is 6.61 Å². The molecule has 0 aliphatic heterocycles. The number of hydrogen-bond donors (Lipinski definition) is 2. The van der Waals surface area contributed by atoms with Crippen molar-refractivity contribution < 1.29 is 18.3 Å². The summed E-state index contributed by atoms with van der Waals surface area (Å²) in [6.07, 6.45) is 1.65. The number of pyridine rings is 1. The lowest BCUT2D eigenvalue weighted by Gasteiger charge is -2.15. The molecule has 1 aromatic heterocycles. The largest absolute Gasteiger partial charge is 0.481 e. The first-order chi connectivity index (χ1) is 12.5. The Morgan fingerprint density at radius 1 is 1.19 bits per heavy atom. The number of benzene rings is 1. The second kappa shape index (κ2) is 9.55. The molecule has 26 heavy (non-hydrogen) atoms. The maximum absolute atomic E-state index is 12.5. The van der Waals surface area contributed by atoms with Crippen LogP contribution >= 0.6 is 0 Å². The number of guanidine groups is 1. The maximum Gasteiger partial charge on any atom is 0.387 e. The van der Waals surface area contributed by atoms with Gasteiger partial charge in [0.15, 0.2) is 5.96 Å². The third-order valence-corrected chi connectivity index (χ3v) is 3.59. The fourth-order valence-electron chi connectivity index (χ4n) is 2.38. The number of halogens is 2. The second-order valence-corrected chi connectivity index (χ2v) is 5.44. The Kier molecular flexibility index (Phi) is 7.13. The molecule has 0 radical (unpaired) electrons. The molecule has 0 fully saturated rings. The lowest BCUT2D eigenvalue weighted by Crippen LogP contribution is -2.36. The molecule has 0 unspecified atom stereocenters. The first-order valence-electron chi connectivity index (χ1n) is 8.00. The maximum atomic E-state index is 12.5. The van der Waals surface area contributed by atoms with Gasteiger partial charge in [0.05, 0.1) is 7.11 Å². The number of aromatic nitrogens is 1. The number of aryl methyl sites for hydroxylation is 1. The summed E-state index contributed by atoms with van der Waals surface area (Å²) in [6.45, 7) is -0.248. The summed E-state index contributed by atoms with van der Waals surface area (Å²) in [6, 6.07) is 8.76. The van der Waals surface area contributed by atoms with Crippen LogP contribution in [0.3, 0.4) is 0 Å². The van der Waals surface area contributed by atoms with Crippen molar-refractivity contribution in [2.24, 2.45) is 4.99 Å². The van der Waals surface area contributed by atoms with Gasteiger partial charge in [0, 0.05) is 37.5 Å². The summed E-state index contributed by atoms with van der Waals surface area (Å²) in [4.78, 5) is 8.26. The van der Waals surface area contributed by atoms with E-state index in [0.29, 0.717) is 23.9 Å². The molecule has 6 nitrogen and oxygen atoms in total. The molecule has 1 heterocycles. The fraction of sp³-hybridized carbons (Fsp3) is 0.333. The number of alkyl halides is 2. The smallest absolute Gasteiger partial charge is 0.387 e. The van der Waals surface area contributed by atoms with Crippen molar-refractivity contribution in [2.45, 2.75) is 26.6 Å². The van der Waals surface area contributed by atoms with Crippen molar-refractivity contribution in [1.29, 1.82) is 0 Å². The molecule has 2 aromatic rings. The normalized spacial score (nSPS) is 11.4. The quantitative estimate of drug-likeness (QED) is 0.584. The Balaban J connectivity index is 2.00. The predicted octanol–water partition coefficient (Wildman–Crippen LogP) is 2.87. The third-order valence-electron chi connectivity index (χ3n) is 3.59. The average molecular weight is 364 g/mol. The summed E-state index contributed by atoms with van der Waals surface area (Å²) >= 11 is 0. The zero-order valence-corrected chi connectivity index (χ0v) is 14.9. The van der Waals surface area contributed by atoms with E-state index in [4.69, 9.17) is 4.74 Å². The Labute approximate surface area is 151 Å². The summed E-state index contributed by atoms with van der Waals surface area (Å²) < 4.78 is 34.9. The van der Waals surface area contributed by atoms with Crippen LogP contribution in [-0.2, 0) is 13.1 Å². The van der Waals surface area contributed by atoms with E-state index in [-0.39, 0.29) is 12.3 Å². The summed E-state index contributed by atoms with van der Waals surface area (Å²) in [7, 11) is 3.18. The van der Waals surface area contributed by atoms with Crippen molar-refractivity contribution in [3.8, 4) is 11.6 Å². The summed E-state index contributed by atoms with van der Waals surface area (Å²) in [5.74, 6) is 1.18. The Hall–Kier alpha value is -2.90. The Bertz CT molecular complexity index is 754. The highest BCUT2D eigenvalue weighted by molar-refractivity contribution is 5.79. The SMILES string of the molecule is CN=C(NCc1cc(C)ccc1OC(F)F)NCc1cccnc1OC. The van der Waals surface area contributed by atoms with Crippen LogP contribution < -0.4 is 20.1 Å². The van der Waals surface area contributed by atoms with E-state index in [9.17, 15) is 8.78 Å². The number of ether oxygens (including phenoxy) is 2. The van der Waals surface area contributed by atoms with Gasteiger partial charge in [-0.05, 0) is 19.1 Å². The minimum absolute atomic E-state index is 0.141. The molecular formula is C18H22F2N4O2. The molecule has 2 N–H and O–H groups in total. The fourth-order valence-corrected chi connectivity index (χ4v) is 2.38. The molecule has 2 rings (SSSR count). The van der Waals surface area contributed by atoms with Crippen LogP contribution in [0.4, 0.5) is 8.78 Å². The second-order valence-electron chi connectivity index (χ2n) is 5.44. The Morgan fingerprint density at radius 2 is 1.92 bits per heavy atom. The zero-order valence-electron chi connectivity index (χ0n) is 14.9. The van der Waals surface area contributed by atoms with Crippen LogP contribution in [0.25, 0.3) is 0 Å². The van der Waals surface area contributed by atoms with Gasteiger partial charge in [0.2, 0.25) is 5.88 Å². The van der Waals surface area contributed by atoms with Crippen LogP contribution in [0.2, 0.25) is 0 Å². The van der Waals surface area contributed by atoms with Crippen molar-refractivity contribution in [2.75, 3.05) is 14.2 Å². The van der Waals surface area contributed by atoms with E-state index in [1.165, 1.54) is 6.07 Å². The monoisotopic (exact) mass is 364 g/mol. The molecule has 0 saturated heterocycles. The van der Waals surface area contributed by atoms with Gasteiger partial charge in [-0.25, -0.2) is 4.98 Å². The number of hydrogen-bond acceptors (Lipinski definition) is 4. The van der Waals surface area contributed by atoms with E-state index in [0.717, 1.165) is 11.1 Å². The van der Waals surface area contributed by atoms with E-state index >= 15 is 0 Å². The molecular weight excluding hydrogens is 342 g/mol. The molecule has 0 spiro atoms. The van der Waals surface area contributed by atoms with E-state index in [2.05, 4.69) is 25.3 Å². The molecule has 0 atom stereocenters. The van der Waals surface area contributed by atoms with Gasteiger partial charge in [-0.15, -0.1) is 0 Å². The van der Waals surface area contributed by atoms with Crippen molar-refractivity contribution in [3.05, 3.63) is 53.2 Å². The molecule has 0 bridgehead atoms. The van der Waals surface area contributed by atoms with Crippen LogP contribution in [0.5, 0.6) is 11.6 Å². The van der Waals surface area contributed by atoms with Gasteiger partial charge in [-0.1, -0.05) is 23.8 Å². The first-order valence-corrected chi connectivity index (χ1v) is 8.00. The number of nitrogens with zero attached hydrogens (tertiary/aromatic N) is 2. The highest BCUT2D eigenvalue weighted by Gasteiger charge is 2.11. The Morgan fingerprint density at radius 3 is 2.58 bits per heavy atom. The van der Waals surface area contributed by atoms with Crippen molar-refractivity contribution in [3.63, 3.8) is 0 Å². The molecule has 0 saturated carbocycles. The first kappa shape index (κ1) is 19.4. The van der Waals surface area contributed by atoms with Crippen LogP contribution in [0.1, 0.15) is 16.7 Å². The molecule has 0 aliphatic rings. The third kappa shape index (κ3) is 5.58. The molecule has 0 aliphatic carbocycles. The van der Waals surface area contributed by atoms with E-state index in [1.54, 1.807) is 32.5 Å². The lowest BCUT2D eigenvalue weighted by molar-refractivity contribution is -0.0504. The predicted molar refractivity (Wildman–Crippen MR) is 95.6 cm³/mol. The van der Waals surface area contributed by atoms with Crippen LogP contribution in [-0.4, -0.2) is 31.7 Å². The van der Waals surface area contributed by atoms with Crippen LogP contribution in [0.15, 0.2) is 41.5 Å². The van der Waals surface area contributed by atoms with Gasteiger partial charge in [0.25, 0.3) is 0 Å². The van der Waals surface area contributed by atoms with Crippen molar-refractivity contribution in [1.82, 2.24) is 15.6 Å². The van der Waals surface area contributed by atoms with Gasteiger partial charge >= 0.3 is 6.61 Å². The van der Waals surface area contributed by atoms with Crippen LogP contribution in [0, 0.1) is 6.92 Å². The summed E-state index contributed by atoms with van der Waals surface area (Å²) in [5, 5.41) is 6.22. The van der Waals surface area contributed by atoms with Gasteiger partial charge in [-0.2, -0.15) is 8.78 Å². The molecule has 8 heteroatoms. The van der Waals surface area contributed by atoms with Gasteiger partial charge in [0.1, 0.15) is 5.75 Å². The number of nitrogens with one attached hydrogen (secondary N) is 2. The number of methoxy groups -OCH3 is 1. The molecule has 1 aromatic carbocycles. The number of rotatable bonds is 7. The molecule has 140 valence electrons. The highest BCUT2D eigenvalue weighted by atomic mass is 19.3. The minimum atomic E-state index is -2.87.